The van der Waals surface area contributed by atoms with Crippen LogP contribution < -0.4 is 15.4 Å². The standard InChI is InChI=1S/C21H36N4O3.HI/c1-5-8-17(11-12-26)14-23-21(22-6-2)24-15-18-9-7-10-19(13-18)28-16-20(27)25(3)4;/h7,9-10,13,17,26H,5-6,8,11-12,14-16H2,1-4H3,(H2,22,23,24);1H. The second-order valence-electron chi connectivity index (χ2n) is 6.97. The van der Waals surface area contributed by atoms with Crippen LogP contribution in [0.2, 0.25) is 0 Å². The predicted molar refractivity (Wildman–Crippen MR) is 129 cm³/mol. The minimum atomic E-state index is -0.0773. The highest BCUT2D eigenvalue weighted by Gasteiger charge is 2.09. The first kappa shape index (κ1) is 27.5. The van der Waals surface area contributed by atoms with Crippen LogP contribution in [0, 0.1) is 5.92 Å². The predicted octanol–water partition coefficient (Wildman–Crippen LogP) is 2.63. The first-order valence-corrected chi connectivity index (χ1v) is 10.0. The number of ether oxygens (including phenoxy) is 1. The number of nitrogens with one attached hydrogen (secondary N) is 2. The number of likely N-dealkylation sites (N-methyl/N-ethyl adjacent to an activating group) is 1. The molecule has 0 spiro atoms. The molecule has 8 heteroatoms. The molecule has 29 heavy (non-hydrogen) atoms. The molecule has 3 N–H and O–H groups in total. The second-order valence-corrected chi connectivity index (χ2v) is 6.97. The van der Waals surface area contributed by atoms with E-state index in [0.29, 0.717) is 18.2 Å². The number of nitrogens with zero attached hydrogens (tertiary/aromatic N) is 2. The monoisotopic (exact) mass is 520 g/mol. The highest BCUT2D eigenvalue weighted by atomic mass is 127. The molecule has 0 saturated carbocycles. The van der Waals surface area contributed by atoms with Crippen molar-refractivity contribution < 1.29 is 14.6 Å². The Morgan fingerprint density at radius 3 is 2.62 bits per heavy atom. The first-order valence-electron chi connectivity index (χ1n) is 10.0. The molecule has 0 fully saturated rings. The summed E-state index contributed by atoms with van der Waals surface area (Å²) in [6.45, 7) is 6.49. The van der Waals surface area contributed by atoms with Gasteiger partial charge >= 0.3 is 0 Å². The van der Waals surface area contributed by atoms with Gasteiger partial charge < -0.3 is 25.4 Å². The summed E-state index contributed by atoms with van der Waals surface area (Å²) in [5.41, 5.74) is 1.01. The van der Waals surface area contributed by atoms with Crippen molar-refractivity contribution in [1.29, 1.82) is 0 Å². The Hall–Kier alpha value is -1.55. The van der Waals surface area contributed by atoms with Crippen molar-refractivity contribution in [3.8, 4) is 5.75 Å². The normalized spacial score (nSPS) is 12.0. The number of aliphatic imine (C=N–C) groups is 1. The minimum Gasteiger partial charge on any atom is -0.484 e. The molecular weight excluding hydrogens is 483 g/mol. The van der Waals surface area contributed by atoms with Crippen LogP contribution >= 0.6 is 24.0 Å². The molecule has 0 aromatic heterocycles. The van der Waals surface area contributed by atoms with Crippen molar-refractivity contribution in [2.45, 2.75) is 39.7 Å². The lowest BCUT2D eigenvalue weighted by Crippen LogP contribution is -2.40. The lowest BCUT2D eigenvalue weighted by molar-refractivity contribution is -0.130. The van der Waals surface area contributed by atoms with E-state index in [-0.39, 0.29) is 43.1 Å². The summed E-state index contributed by atoms with van der Waals surface area (Å²) in [5.74, 6) is 1.78. The fourth-order valence-corrected chi connectivity index (χ4v) is 2.70. The number of carbonyl (C=O) groups excluding carboxylic acids is 1. The average molecular weight is 520 g/mol. The molecule has 0 aliphatic carbocycles. The molecule has 0 bridgehead atoms. The third kappa shape index (κ3) is 11.9. The number of carbonyl (C=O) groups is 1. The third-order valence-electron chi connectivity index (χ3n) is 4.32. The Labute approximate surface area is 192 Å². The zero-order chi connectivity index (χ0) is 20.8. The number of hydrogen-bond donors (Lipinski definition) is 3. The Kier molecular flexibility index (Phi) is 15.4. The summed E-state index contributed by atoms with van der Waals surface area (Å²) in [5, 5.41) is 15.8. The second kappa shape index (κ2) is 16.3. The van der Waals surface area contributed by atoms with Gasteiger partial charge in [-0.1, -0.05) is 25.5 Å². The molecule has 7 nitrogen and oxygen atoms in total. The van der Waals surface area contributed by atoms with Gasteiger partial charge in [-0.05, 0) is 43.4 Å². The molecule has 0 heterocycles. The number of halogens is 1. The first-order chi connectivity index (χ1) is 13.5. The molecule has 0 aliphatic heterocycles. The van der Waals surface area contributed by atoms with Gasteiger partial charge in [0, 0.05) is 33.8 Å². The average Bonchev–Trinajstić information content (AvgIpc) is 2.68. The van der Waals surface area contributed by atoms with Gasteiger partial charge in [0.05, 0.1) is 6.54 Å². The molecule has 1 amide bonds. The Bertz CT molecular complexity index is 605. The van der Waals surface area contributed by atoms with Gasteiger partial charge in [-0.15, -0.1) is 24.0 Å². The van der Waals surface area contributed by atoms with Crippen LogP contribution in [0.5, 0.6) is 5.75 Å². The number of benzene rings is 1. The van der Waals surface area contributed by atoms with Crippen LogP contribution in [0.4, 0.5) is 0 Å². The minimum absolute atomic E-state index is 0. The largest absolute Gasteiger partial charge is 0.484 e. The Morgan fingerprint density at radius 1 is 1.24 bits per heavy atom. The molecule has 0 saturated heterocycles. The Balaban J connectivity index is 0.00000784. The van der Waals surface area contributed by atoms with Crippen molar-refractivity contribution in [3.05, 3.63) is 29.8 Å². The molecule has 1 aromatic carbocycles. The topological polar surface area (TPSA) is 86.2 Å². The van der Waals surface area contributed by atoms with Gasteiger partial charge in [-0.2, -0.15) is 0 Å². The van der Waals surface area contributed by atoms with Gasteiger partial charge in [-0.3, -0.25) is 4.79 Å². The molecule has 1 rings (SSSR count). The molecule has 1 unspecified atom stereocenters. The summed E-state index contributed by atoms with van der Waals surface area (Å²) in [7, 11) is 3.41. The number of aliphatic hydroxyl groups excluding tert-OH is 1. The fourth-order valence-electron chi connectivity index (χ4n) is 2.70. The van der Waals surface area contributed by atoms with Gasteiger partial charge in [-0.25, -0.2) is 4.99 Å². The van der Waals surface area contributed by atoms with Gasteiger partial charge in [0.2, 0.25) is 0 Å². The summed E-state index contributed by atoms with van der Waals surface area (Å²) >= 11 is 0. The quantitative estimate of drug-likeness (QED) is 0.224. The summed E-state index contributed by atoms with van der Waals surface area (Å²) in [6.07, 6.45) is 2.98. The van der Waals surface area contributed by atoms with E-state index in [1.54, 1.807) is 14.1 Å². The van der Waals surface area contributed by atoms with Gasteiger partial charge in [0.25, 0.3) is 5.91 Å². The molecule has 0 radical (unpaired) electrons. The van der Waals surface area contributed by atoms with E-state index < -0.39 is 0 Å². The highest BCUT2D eigenvalue weighted by molar-refractivity contribution is 14.0. The number of aliphatic hydroxyl groups is 1. The van der Waals surface area contributed by atoms with Crippen LogP contribution in [0.1, 0.15) is 38.7 Å². The van der Waals surface area contributed by atoms with Crippen molar-refractivity contribution >= 4 is 35.8 Å². The van der Waals surface area contributed by atoms with E-state index >= 15 is 0 Å². The summed E-state index contributed by atoms with van der Waals surface area (Å²) in [4.78, 5) is 17.8. The van der Waals surface area contributed by atoms with E-state index in [2.05, 4.69) is 22.5 Å². The maximum Gasteiger partial charge on any atom is 0.259 e. The summed E-state index contributed by atoms with van der Waals surface area (Å²) < 4.78 is 5.56. The fraction of sp³-hybridized carbons (Fsp3) is 0.619. The Morgan fingerprint density at radius 2 is 2.00 bits per heavy atom. The molecule has 166 valence electrons. The van der Waals surface area contributed by atoms with E-state index in [1.807, 2.05) is 31.2 Å². The van der Waals surface area contributed by atoms with Crippen molar-refractivity contribution in [2.24, 2.45) is 10.9 Å². The van der Waals surface area contributed by atoms with Crippen LogP contribution in [0.15, 0.2) is 29.3 Å². The zero-order valence-corrected chi connectivity index (χ0v) is 20.4. The molecule has 1 atom stereocenters. The lowest BCUT2D eigenvalue weighted by atomic mass is 10.0. The number of hydrogen-bond acceptors (Lipinski definition) is 4. The van der Waals surface area contributed by atoms with Crippen LogP contribution in [0.3, 0.4) is 0 Å². The molecule has 0 aliphatic rings. The van der Waals surface area contributed by atoms with Crippen molar-refractivity contribution in [3.63, 3.8) is 0 Å². The van der Waals surface area contributed by atoms with E-state index in [9.17, 15) is 9.90 Å². The highest BCUT2D eigenvalue weighted by Crippen LogP contribution is 2.14. The van der Waals surface area contributed by atoms with Crippen LogP contribution in [-0.4, -0.2) is 62.3 Å². The van der Waals surface area contributed by atoms with E-state index in [4.69, 9.17) is 4.74 Å². The van der Waals surface area contributed by atoms with Gasteiger partial charge in [0.15, 0.2) is 12.6 Å². The van der Waals surface area contributed by atoms with Crippen LogP contribution in [-0.2, 0) is 11.3 Å². The smallest absolute Gasteiger partial charge is 0.259 e. The third-order valence-corrected chi connectivity index (χ3v) is 4.32. The zero-order valence-electron chi connectivity index (χ0n) is 18.1. The lowest BCUT2D eigenvalue weighted by Gasteiger charge is -2.18. The van der Waals surface area contributed by atoms with Crippen molar-refractivity contribution in [2.75, 3.05) is 40.4 Å². The SMILES string of the molecule is CCCC(CCO)CNC(=NCc1cccc(OCC(=O)N(C)C)c1)NCC.I. The maximum atomic E-state index is 11.7. The van der Waals surface area contributed by atoms with E-state index in [0.717, 1.165) is 43.9 Å². The molecule has 1 aromatic rings. The number of amides is 1. The van der Waals surface area contributed by atoms with Crippen molar-refractivity contribution in [1.82, 2.24) is 15.5 Å². The molecular formula is C21H37IN4O3. The van der Waals surface area contributed by atoms with Gasteiger partial charge in [0.1, 0.15) is 5.75 Å². The number of guanidine groups is 1. The summed E-state index contributed by atoms with van der Waals surface area (Å²) in [6, 6.07) is 7.63. The maximum absolute atomic E-state index is 11.7. The van der Waals surface area contributed by atoms with Crippen LogP contribution in [0.25, 0.3) is 0 Å². The van der Waals surface area contributed by atoms with E-state index in [1.165, 1.54) is 4.90 Å². The number of rotatable bonds is 12.